The van der Waals surface area contributed by atoms with E-state index in [1.807, 2.05) is 0 Å². The lowest BCUT2D eigenvalue weighted by molar-refractivity contribution is -0.144. The Morgan fingerprint density at radius 3 is 2.33 bits per heavy atom. The summed E-state index contributed by atoms with van der Waals surface area (Å²) >= 11 is 5.70. The van der Waals surface area contributed by atoms with Gasteiger partial charge in [-0.2, -0.15) is 0 Å². The summed E-state index contributed by atoms with van der Waals surface area (Å²) in [5.41, 5.74) is 5.42. The molecule has 112 valence electrons. The second-order valence-electron chi connectivity index (χ2n) is 4.34. The molecule has 0 atom stereocenters. The van der Waals surface area contributed by atoms with Gasteiger partial charge in [0.25, 0.3) is 11.8 Å². The standard InChI is InChI=1S/C14H15ClN2O4/c1-9(2)7-13(19)21-8-12(18)16-17-14(20)10-3-5-11(15)6-4-10/h3-7H,8H2,1-2H3,(H,16,18)(H,17,20). The monoisotopic (exact) mass is 310 g/mol. The summed E-state index contributed by atoms with van der Waals surface area (Å²) in [6.45, 7) is 2.98. The van der Waals surface area contributed by atoms with Gasteiger partial charge >= 0.3 is 5.97 Å². The van der Waals surface area contributed by atoms with Gasteiger partial charge in [0, 0.05) is 16.7 Å². The summed E-state index contributed by atoms with van der Waals surface area (Å²) in [7, 11) is 0. The number of hydrazine groups is 1. The van der Waals surface area contributed by atoms with Gasteiger partial charge in [-0.05, 0) is 38.1 Å². The molecule has 0 heterocycles. The first-order chi connectivity index (χ1) is 9.88. The SMILES string of the molecule is CC(C)=CC(=O)OCC(=O)NNC(=O)c1ccc(Cl)cc1. The zero-order chi connectivity index (χ0) is 15.8. The smallest absolute Gasteiger partial charge is 0.331 e. The summed E-state index contributed by atoms with van der Waals surface area (Å²) in [5, 5.41) is 0.502. The molecule has 0 saturated heterocycles. The molecule has 1 rings (SSSR count). The van der Waals surface area contributed by atoms with Crippen molar-refractivity contribution in [2.75, 3.05) is 6.61 Å². The second kappa shape index (κ2) is 8.06. The van der Waals surface area contributed by atoms with Crippen molar-refractivity contribution in [2.24, 2.45) is 0 Å². The summed E-state index contributed by atoms with van der Waals surface area (Å²) < 4.78 is 4.67. The molecule has 2 amide bonds. The molecule has 0 saturated carbocycles. The molecule has 0 aliphatic heterocycles. The van der Waals surface area contributed by atoms with Gasteiger partial charge in [0.2, 0.25) is 0 Å². The topological polar surface area (TPSA) is 84.5 Å². The van der Waals surface area contributed by atoms with Gasteiger partial charge in [-0.1, -0.05) is 17.2 Å². The van der Waals surface area contributed by atoms with E-state index in [1.165, 1.54) is 18.2 Å². The summed E-state index contributed by atoms with van der Waals surface area (Å²) in [6, 6.07) is 6.14. The zero-order valence-corrected chi connectivity index (χ0v) is 12.4. The largest absolute Gasteiger partial charge is 0.452 e. The Kier molecular flexibility index (Phi) is 6.42. The van der Waals surface area contributed by atoms with Gasteiger partial charge in [-0.3, -0.25) is 20.4 Å². The maximum Gasteiger partial charge on any atom is 0.331 e. The average Bonchev–Trinajstić information content (AvgIpc) is 2.42. The van der Waals surface area contributed by atoms with Gasteiger partial charge in [-0.25, -0.2) is 4.79 Å². The Bertz CT molecular complexity index is 563. The van der Waals surface area contributed by atoms with E-state index in [-0.39, 0.29) is 0 Å². The Morgan fingerprint density at radius 1 is 1.14 bits per heavy atom. The van der Waals surface area contributed by atoms with E-state index in [2.05, 4.69) is 15.6 Å². The molecule has 1 aromatic rings. The molecule has 0 aliphatic rings. The number of carbonyl (C=O) groups is 3. The van der Waals surface area contributed by atoms with Crippen LogP contribution in [0.1, 0.15) is 24.2 Å². The van der Waals surface area contributed by atoms with E-state index < -0.39 is 24.4 Å². The van der Waals surface area contributed by atoms with Crippen LogP contribution >= 0.6 is 11.6 Å². The van der Waals surface area contributed by atoms with Crippen LogP contribution in [0.4, 0.5) is 0 Å². The normalized spacial score (nSPS) is 9.48. The minimum Gasteiger partial charge on any atom is -0.452 e. The lowest BCUT2D eigenvalue weighted by Crippen LogP contribution is -2.43. The number of carbonyl (C=O) groups excluding carboxylic acids is 3. The fraction of sp³-hybridized carbons (Fsp3) is 0.214. The van der Waals surface area contributed by atoms with Gasteiger partial charge in [0.05, 0.1) is 0 Å². The van der Waals surface area contributed by atoms with E-state index in [9.17, 15) is 14.4 Å². The van der Waals surface area contributed by atoms with Crippen molar-refractivity contribution < 1.29 is 19.1 Å². The van der Waals surface area contributed by atoms with Gasteiger partial charge in [0.15, 0.2) is 6.61 Å². The average molecular weight is 311 g/mol. The number of esters is 1. The summed E-state index contributed by atoms with van der Waals surface area (Å²) in [5.74, 6) is -1.77. The van der Waals surface area contributed by atoms with Crippen molar-refractivity contribution >= 4 is 29.4 Å². The highest BCUT2D eigenvalue weighted by atomic mass is 35.5. The molecule has 7 heteroatoms. The van der Waals surface area contributed by atoms with Crippen LogP contribution in [0.25, 0.3) is 0 Å². The Labute approximate surface area is 127 Å². The van der Waals surface area contributed by atoms with Crippen LogP contribution in [0.15, 0.2) is 35.9 Å². The van der Waals surface area contributed by atoms with Crippen molar-refractivity contribution in [1.82, 2.24) is 10.9 Å². The van der Waals surface area contributed by atoms with Crippen molar-refractivity contribution in [2.45, 2.75) is 13.8 Å². The number of benzene rings is 1. The highest BCUT2D eigenvalue weighted by Gasteiger charge is 2.08. The number of ether oxygens (including phenoxy) is 1. The second-order valence-corrected chi connectivity index (χ2v) is 4.78. The van der Waals surface area contributed by atoms with Crippen LogP contribution in [-0.2, 0) is 14.3 Å². The quantitative estimate of drug-likeness (QED) is 0.503. The number of allylic oxidation sites excluding steroid dienone is 1. The third-order valence-corrected chi connectivity index (χ3v) is 2.43. The van der Waals surface area contributed by atoms with Crippen LogP contribution in [0, 0.1) is 0 Å². The molecule has 0 radical (unpaired) electrons. The fourth-order valence-electron chi connectivity index (χ4n) is 1.25. The highest BCUT2D eigenvalue weighted by Crippen LogP contribution is 2.08. The van der Waals surface area contributed by atoms with Crippen LogP contribution in [-0.4, -0.2) is 24.4 Å². The van der Waals surface area contributed by atoms with Crippen molar-refractivity contribution in [3.05, 3.63) is 46.5 Å². The molecule has 21 heavy (non-hydrogen) atoms. The van der Waals surface area contributed by atoms with E-state index in [0.717, 1.165) is 5.57 Å². The summed E-state index contributed by atoms with van der Waals surface area (Å²) in [6.07, 6.45) is 1.26. The van der Waals surface area contributed by atoms with Crippen molar-refractivity contribution in [3.63, 3.8) is 0 Å². The maximum absolute atomic E-state index is 11.7. The fourth-order valence-corrected chi connectivity index (χ4v) is 1.38. The van der Waals surface area contributed by atoms with E-state index in [0.29, 0.717) is 10.6 Å². The first-order valence-electron chi connectivity index (χ1n) is 6.05. The zero-order valence-electron chi connectivity index (χ0n) is 11.6. The predicted octanol–water partition coefficient (Wildman–Crippen LogP) is 1.61. The number of halogens is 1. The maximum atomic E-state index is 11.7. The van der Waals surface area contributed by atoms with E-state index in [1.54, 1.807) is 26.0 Å². The number of amides is 2. The van der Waals surface area contributed by atoms with Gasteiger partial charge in [0.1, 0.15) is 0 Å². The van der Waals surface area contributed by atoms with E-state index >= 15 is 0 Å². The van der Waals surface area contributed by atoms with Crippen LogP contribution in [0.2, 0.25) is 5.02 Å². The minimum absolute atomic E-state index is 0.334. The Hall–Kier alpha value is -2.34. The lowest BCUT2D eigenvalue weighted by Gasteiger charge is -2.07. The minimum atomic E-state index is -0.646. The van der Waals surface area contributed by atoms with Crippen LogP contribution in [0.5, 0.6) is 0 Å². The Morgan fingerprint density at radius 2 is 1.76 bits per heavy atom. The number of hydrogen-bond acceptors (Lipinski definition) is 4. The van der Waals surface area contributed by atoms with E-state index in [4.69, 9.17) is 11.6 Å². The first-order valence-corrected chi connectivity index (χ1v) is 6.42. The molecule has 2 N–H and O–H groups in total. The predicted molar refractivity (Wildman–Crippen MR) is 77.5 cm³/mol. The summed E-state index contributed by atoms with van der Waals surface area (Å²) in [4.78, 5) is 34.2. The van der Waals surface area contributed by atoms with Crippen molar-refractivity contribution in [3.8, 4) is 0 Å². The van der Waals surface area contributed by atoms with Crippen LogP contribution < -0.4 is 10.9 Å². The van der Waals surface area contributed by atoms with Crippen molar-refractivity contribution in [1.29, 1.82) is 0 Å². The highest BCUT2D eigenvalue weighted by molar-refractivity contribution is 6.30. The number of hydrogen-bond donors (Lipinski definition) is 2. The molecular weight excluding hydrogens is 296 g/mol. The molecule has 0 unspecified atom stereocenters. The molecule has 1 aromatic carbocycles. The number of rotatable bonds is 4. The molecular formula is C14H15ClN2O4. The third kappa shape index (κ3) is 6.58. The molecule has 6 nitrogen and oxygen atoms in total. The van der Waals surface area contributed by atoms with Crippen LogP contribution in [0.3, 0.4) is 0 Å². The lowest BCUT2D eigenvalue weighted by atomic mass is 10.2. The first kappa shape index (κ1) is 16.7. The number of nitrogens with one attached hydrogen (secondary N) is 2. The Balaban J connectivity index is 2.36. The van der Waals surface area contributed by atoms with Gasteiger partial charge in [-0.15, -0.1) is 0 Å². The van der Waals surface area contributed by atoms with Gasteiger partial charge < -0.3 is 4.74 Å². The molecule has 0 spiro atoms. The molecule has 0 aliphatic carbocycles. The third-order valence-electron chi connectivity index (χ3n) is 2.17. The molecule has 0 aromatic heterocycles. The molecule has 0 fully saturated rings. The molecule has 0 bridgehead atoms.